The Hall–Kier alpha value is -1.06. The van der Waals surface area contributed by atoms with Crippen molar-refractivity contribution in [3.63, 3.8) is 0 Å². The number of methoxy groups -OCH3 is 1. The lowest BCUT2D eigenvalue weighted by molar-refractivity contribution is -0.133. The van der Waals surface area contributed by atoms with Crippen LogP contribution >= 0.6 is 11.8 Å². The average Bonchev–Trinajstić information content (AvgIpc) is 2.66. The molecule has 0 atom stereocenters. The van der Waals surface area contributed by atoms with Gasteiger partial charge in [-0.1, -0.05) is 11.8 Å². The molecule has 1 rings (SSSR count). The van der Waals surface area contributed by atoms with E-state index in [2.05, 4.69) is 5.10 Å². The number of ether oxygens (including phenoxy) is 1. The molecule has 9 heteroatoms. The van der Waals surface area contributed by atoms with Crippen LogP contribution in [0.3, 0.4) is 0 Å². The Kier molecular flexibility index (Phi) is 5.83. The summed E-state index contributed by atoms with van der Waals surface area (Å²) < 4.78 is 28.7. The van der Waals surface area contributed by atoms with Gasteiger partial charge >= 0.3 is 5.97 Å². The first-order chi connectivity index (χ1) is 8.81. The molecule has 1 aromatic rings. The average molecular weight is 308 g/mol. The lowest BCUT2D eigenvalue weighted by Crippen LogP contribution is -2.13. The van der Waals surface area contributed by atoms with E-state index in [1.54, 1.807) is 6.07 Å². The summed E-state index contributed by atoms with van der Waals surface area (Å²) in [6.07, 6.45) is 1.15. The fourth-order valence-corrected chi connectivity index (χ4v) is 2.61. The van der Waals surface area contributed by atoms with Crippen molar-refractivity contribution in [3.05, 3.63) is 11.8 Å². The van der Waals surface area contributed by atoms with Crippen molar-refractivity contribution in [3.8, 4) is 0 Å². The van der Waals surface area contributed by atoms with Crippen molar-refractivity contribution in [1.82, 2.24) is 9.78 Å². The molecule has 0 saturated heterocycles. The van der Waals surface area contributed by atoms with Crippen molar-refractivity contribution >= 4 is 27.6 Å². The van der Waals surface area contributed by atoms with Gasteiger partial charge in [0.1, 0.15) is 9.84 Å². The highest BCUT2D eigenvalue weighted by molar-refractivity contribution is 7.99. The van der Waals surface area contributed by atoms with Crippen LogP contribution in [0.2, 0.25) is 0 Å². The van der Waals surface area contributed by atoms with Crippen LogP contribution in [-0.4, -0.2) is 54.1 Å². The summed E-state index contributed by atoms with van der Waals surface area (Å²) in [6.45, 7) is 0.497. The predicted molar refractivity (Wildman–Crippen MR) is 71.0 cm³/mol. The first-order valence-corrected chi connectivity index (χ1v) is 8.44. The Morgan fingerprint density at radius 2 is 2.26 bits per heavy atom. The quantitative estimate of drug-likeness (QED) is 0.687. The minimum atomic E-state index is -3.09. The van der Waals surface area contributed by atoms with E-state index in [1.165, 1.54) is 11.8 Å². The number of aromatic nitrogens is 2. The normalized spacial score (nSPS) is 11.7. The summed E-state index contributed by atoms with van der Waals surface area (Å²) in [5, 5.41) is 13.5. The Bertz CT molecular complexity index is 538. The van der Waals surface area contributed by atoms with Crippen molar-refractivity contribution in [2.75, 3.05) is 24.9 Å². The Balaban J connectivity index is 2.82. The summed E-state index contributed by atoms with van der Waals surface area (Å²) >= 11 is 1.10. The van der Waals surface area contributed by atoms with Gasteiger partial charge in [-0.25, -0.2) is 8.42 Å². The van der Waals surface area contributed by atoms with Crippen molar-refractivity contribution in [2.24, 2.45) is 0 Å². The van der Waals surface area contributed by atoms with Crippen molar-refractivity contribution in [1.29, 1.82) is 0 Å². The Morgan fingerprint density at radius 1 is 1.58 bits per heavy atom. The van der Waals surface area contributed by atoms with Gasteiger partial charge in [0.25, 0.3) is 0 Å². The molecule has 0 spiro atoms. The molecule has 7 nitrogen and oxygen atoms in total. The number of carboxylic acid groups (broad SMARTS) is 1. The smallest absolute Gasteiger partial charge is 0.313 e. The monoisotopic (exact) mass is 308 g/mol. The molecule has 0 bridgehead atoms. The van der Waals surface area contributed by atoms with Crippen LogP contribution in [0.5, 0.6) is 0 Å². The molecule has 1 N–H and O–H groups in total. The summed E-state index contributed by atoms with van der Waals surface area (Å²) in [6, 6.07) is 1.71. The lowest BCUT2D eigenvalue weighted by atomic mass is 10.5. The van der Waals surface area contributed by atoms with E-state index in [4.69, 9.17) is 9.84 Å². The van der Waals surface area contributed by atoms with Gasteiger partial charge in [0.05, 0.1) is 35.4 Å². The van der Waals surface area contributed by atoms with Crippen LogP contribution in [0.15, 0.2) is 11.1 Å². The largest absolute Gasteiger partial charge is 0.481 e. The molecule has 0 aliphatic rings. The molecule has 108 valence electrons. The number of carboxylic acids is 1. The number of hydrogen-bond acceptors (Lipinski definition) is 6. The van der Waals surface area contributed by atoms with Gasteiger partial charge in [-0.15, -0.1) is 0 Å². The minimum Gasteiger partial charge on any atom is -0.481 e. The second-order valence-corrected chi connectivity index (χ2v) is 7.20. The molecule has 0 unspecified atom stereocenters. The molecule has 0 aromatic carbocycles. The standard InChI is InChI=1S/C10H16N2O5S2/c1-17-6-8-5-9(18-7-10(13)14)12(11-8)3-4-19(2,15)16/h5H,3-4,6-7H2,1-2H3,(H,13,14). The SMILES string of the molecule is COCc1cc(SCC(=O)O)n(CCS(C)(=O)=O)n1. The van der Waals surface area contributed by atoms with Gasteiger partial charge in [0.15, 0.2) is 0 Å². The number of thioether (sulfide) groups is 1. The number of hydrogen-bond donors (Lipinski definition) is 1. The summed E-state index contributed by atoms with van der Waals surface area (Å²) in [4.78, 5) is 10.6. The number of aliphatic carboxylic acids is 1. The van der Waals surface area contributed by atoms with Crippen LogP contribution in [0.1, 0.15) is 5.69 Å². The van der Waals surface area contributed by atoms with Gasteiger partial charge < -0.3 is 9.84 Å². The van der Waals surface area contributed by atoms with Gasteiger partial charge in [-0.05, 0) is 6.07 Å². The topological polar surface area (TPSA) is 98.5 Å². The van der Waals surface area contributed by atoms with Crippen LogP contribution in [0, 0.1) is 0 Å². The highest BCUT2D eigenvalue weighted by atomic mass is 32.2. The maximum Gasteiger partial charge on any atom is 0.313 e. The molecule has 0 aliphatic heterocycles. The van der Waals surface area contributed by atoms with E-state index in [0.29, 0.717) is 17.3 Å². The van der Waals surface area contributed by atoms with Crippen molar-refractivity contribution < 1.29 is 23.1 Å². The second-order valence-electron chi connectivity index (χ2n) is 3.94. The molecular weight excluding hydrogens is 292 g/mol. The molecule has 0 amide bonds. The van der Waals surface area contributed by atoms with Crippen LogP contribution in [0.25, 0.3) is 0 Å². The van der Waals surface area contributed by atoms with Gasteiger partial charge in [-0.3, -0.25) is 9.48 Å². The first kappa shape index (κ1) is 16.0. The van der Waals surface area contributed by atoms with Crippen molar-refractivity contribution in [2.45, 2.75) is 18.2 Å². The third kappa shape index (κ3) is 6.08. The molecule has 19 heavy (non-hydrogen) atoms. The zero-order valence-corrected chi connectivity index (χ0v) is 12.3. The van der Waals surface area contributed by atoms with E-state index < -0.39 is 15.8 Å². The molecular formula is C10H16N2O5S2. The molecule has 0 saturated carbocycles. The lowest BCUT2D eigenvalue weighted by Gasteiger charge is -2.05. The van der Waals surface area contributed by atoms with Gasteiger partial charge in [0.2, 0.25) is 0 Å². The fourth-order valence-electron chi connectivity index (χ4n) is 1.33. The van der Waals surface area contributed by atoms with E-state index in [9.17, 15) is 13.2 Å². The number of rotatable bonds is 8. The van der Waals surface area contributed by atoms with Crippen LogP contribution in [-0.2, 0) is 32.5 Å². The number of carbonyl (C=O) groups is 1. The highest BCUT2D eigenvalue weighted by Crippen LogP contribution is 2.19. The highest BCUT2D eigenvalue weighted by Gasteiger charge is 2.12. The predicted octanol–water partition coefficient (Wildman–Crippen LogP) is 0.251. The zero-order chi connectivity index (χ0) is 14.5. The van der Waals surface area contributed by atoms with E-state index in [0.717, 1.165) is 18.0 Å². The summed E-state index contributed by atoms with van der Waals surface area (Å²) in [7, 11) is -1.56. The third-order valence-electron chi connectivity index (χ3n) is 2.10. The van der Waals surface area contributed by atoms with E-state index in [-0.39, 0.29) is 18.1 Å². The zero-order valence-electron chi connectivity index (χ0n) is 10.7. The molecule has 0 aliphatic carbocycles. The number of aryl methyl sites for hydroxylation is 1. The van der Waals surface area contributed by atoms with Crippen LogP contribution in [0.4, 0.5) is 0 Å². The van der Waals surface area contributed by atoms with E-state index in [1.807, 2.05) is 0 Å². The molecule has 0 radical (unpaired) electrons. The number of nitrogens with zero attached hydrogens (tertiary/aromatic N) is 2. The third-order valence-corrected chi connectivity index (χ3v) is 4.04. The first-order valence-electron chi connectivity index (χ1n) is 5.40. The number of sulfone groups is 1. The maximum absolute atomic E-state index is 11.1. The minimum absolute atomic E-state index is 0.0399. The molecule has 1 aromatic heterocycles. The molecule has 1 heterocycles. The fraction of sp³-hybridized carbons (Fsp3) is 0.600. The van der Waals surface area contributed by atoms with Crippen LogP contribution < -0.4 is 0 Å². The summed E-state index contributed by atoms with van der Waals surface area (Å²) in [5.74, 6) is -1.08. The maximum atomic E-state index is 11.1. The van der Waals surface area contributed by atoms with Gasteiger partial charge in [0, 0.05) is 13.4 Å². The summed E-state index contributed by atoms with van der Waals surface area (Å²) in [5.41, 5.74) is 0.642. The van der Waals surface area contributed by atoms with Gasteiger partial charge in [-0.2, -0.15) is 5.10 Å². The Morgan fingerprint density at radius 3 is 2.79 bits per heavy atom. The van der Waals surface area contributed by atoms with E-state index >= 15 is 0 Å². The molecule has 0 fully saturated rings. The second kappa shape index (κ2) is 6.92. The Labute approximate surface area is 115 Å².